The molecule has 0 aliphatic heterocycles. The summed E-state index contributed by atoms with van der Waals surface area (Å²) >= 11 is 1.74. The molecule has 0 amide bonds. The molecule has 0 saturated carbocycles. The molecular formula is C13H16OS. The third-order valence-electron chi connectivity index (χ3n) is 2.08. The van der Waals surface area contributed by atoms with Crippen LogP contribution in [0.25, 0.3) is 5.57 Å². The van der Waals surface area contributed by atoms with Crippen LogP contribution in [0.3, 0.4) is 0 Å². The summed E-state index contributed by atoms with van der Waals surface area (Å²) in [6.07, 6.45) is 7.63. The maximum Gasteiger partial charge on any atom is 0.138 e. The minimum Gasteiger partial charge on any atom is -0.487 e. The smallest absolute Gasteiger partial charge is 0.138 e. The van der Waals surface area contributed by atoms with Crippen LogP contribution in [0, 0.1) is 0 Å². The normalized spacial score (nSPS) is 15.5. The molecule has 0 radical (unpaired) electrons. The highest BCUT2D eigenvalue weighted by molar-refractivity contribution is 7.11. The molecule has 0 bridgehead atoms. The Hall–Kier alpha value is -1.02. The van der Waals surface area contributed by atoms with E-state index in [9.17, 15) is 0 Å². The van der Waals surface area contributed by atoms with Crippen molar-refractivity contribution in [2.75, 3.05) is 0 Å². The first kappa shape index (κ1) is 10.5. The van der Waals surface area contributed by atoms with Crippen molar-refractivity contribution in [2.24, 2.45) is 0 Å². The lowest BCUT2D eigenvalue weighted by atomic mass is 10.2. The molecule has 0 saturated heterocycles. The van der Waals surface area contributed by atoms with Gasteiger partial charge in [0.1, 0.15) is 11.4 Å². The van der Waals surface area contributed by atoms with Gasteiger partial charge in [-0.1, -0.05) is 18.2 Å². The van der Waals surface area contributed by atoms with Gasteiger partial charge in [-0.15, -0.1) is 11.3 Å². The maximum atomic E-state index is 5.92. The zero-order valence-electron chi connectivity index (χ0n) is 9.41. The summed E-state index contributed by atoms with van der Waals surface area (Å²) < 4.78 is 5.92. The molecule has 80 valence electrons. The molecule has 15 heavy (non-hydrogen) atoms. The highest BCUT2D eigenvalue weighted by Crippen LogP contribution is 2.36. The second-order valence-electron chi connectivity index (χ2n) is 4.63. The van der Waals surface area contributed by atoms with Crippen molar-refractivity contribution in [3.63, 3.8) is 0 Å². The summed E-state index contributed by atoms with van der Waals surface area (Å²) in [5, 5.41) is 2.09. The lowest BCUT2D eigenvalue weighted by Gasteiger charge is -2.21. The van der Waals surface area contributed by atoms with Crippen LogP contribution in [0.4, 0.5) is 0 Å². The second kappa shape index (κ2) is 3.86. The molecule has 0 atom stereocenters. The van der Waals surface area contributed by atoms with Crippen LogP contribution in [0.1, 0.15) is 32.1 Å². The van der Waals surface area contributed by atoms with Gasteiger partial charge >= 0.3 is 0 Å². The molecule has 2 rings (SSSR count). The Morgan fingerprint density at radius 3 is 2.73 bits per heavy atom. The van der Waals surface area contributed by atoms with Gasteiger partial charge in [-0.3, -0.25) is 0 Å². The van der Waals surface area contributed by atoms with Gasteiger partial charge in [0.25, 0.3) is 0 Å². The molecule has 1 aliphatic rings. The molecule has 0 aromatic carbocycles. The fraction of sp³-hybridized carbons (Fsp3) is 0.385. The molecule has 1 aliphatic carbocycles. The zero-order chi connectivity index (χ0) is 10.9. The lowest BCUT2D eigenvalue weighted by Crippen LogP contribution is -2.23. The van der Waals surface area contributed by atoms with E-state index in [-0.39, 0.29) is 5.60 Å². The third kappa shape index (κ3) is 2.51. The van der Waals surface area contributed by atoms with Gasteiger partial charge < -0.3 is 4.74 Å². The Labute approximate surface area is 95.1 Å². The van der Waals surface area contributed by atoms with Crippen molar-refractivity contribution in [1.29, 1.82) is 0 Å². The minimum absolute atomic E-state index is 0.126. The molecule has 2 heteroatoms. The summed E-state index contributed by atoms with van der Waals surface area (Å²) in [7, 11) is 0. The third-order valence-corrected chi connectivity index (χ3v) is 3.02. The van der Waals surface area contributed by atoms with Gasteiger partial charge in [0.15, 0.2) is 0 Å². The van der Waals surface area contributed by atoms with Gasteiger partial charge in [0, 0.05) is 0 Å². The Kier molecular flexibility index (Phi) is 2.70. The number of rotatable bonds is 2. The van der Waals surface area contributed by atoms with E-state index in [0.29, 0.717) is 0 Å². The predicted octanol–water partition coefficient (Wildman–Crippen LogP) is 4.27. The van der Waals surface area contributed by atoms with E-state index < -0.39 is 0 Å². The van der Waals surface area contributed by atoms with Crippen LogP contribution < -0.4 is 4.74 Å². The Balaban J connectivity index is 2.26. The van der Waals surface area contributed by atoms with Crippen molar-refractivity contribution in [3.05, 3.63) is 34.6 Å². The van der Waals surface area contributed by atoms with Gasteiger partial charge in [0.05, 0.1) is 4.88 Å². The van der Waals surface area contributed by atoms with E-state index in [4.69, 9.17) is 4.74 Å². The standard InChI is InChI=1S/C13H16OS/c1-13(2,3)14-11-8-9-15-12(11)10-6-4-5-7-10/h4,6-9H,5H2,1-3H3. The molecule has 1 aromatic heterocycles. The van der Waals surface area contributed by atoms with Crippen molar-refractivity contribution < 1.29 is 4.74 Å². The average Bonchev–Trinajstić information content (AvgIpc) is 2.68. The largest absolute Gasteiger partial charge is 0.487 e. The molecule has 1 heterocycles. The number of ether oxygens (including phenoxy) is 1. The lowest BCUT2D eigenvalue weighted by molar-refractivity contribution is 0.131. The summed E-state index contributed by atoms with van der Waals surface area (Å²) in [6, 6.07) is 2.05. The minimum atomic E-state index is -0.126. The van der Waals surface area contributed by atoms with Crippen LogP contribution in [0.5, 0.6) is 5.75 Å². The fourth-order valence-corrected chi connectivity index (χ4v) is 2.39. The summed E-state index contributed by atoms with van der Waals surface area (Å²) in [5.74, 6) is 1.00. The van der Waals surface area contributed by atoms with Crippen molar-refractivity contribution in [2.45, 2.75) is 32.8 Å². The van der Waals surface area contributed by atoms with Crippen molar-refractivity contribution in [3.8, 4) is 5.75 Å². The predicted molar refractivity (Wildman–Crippen MR) is 66.4 cm³/mol. The van der Waals surface area contributed by atoms with Crippen molar-refractivity contribution in [1.82, 2.24) is 0 Å². The molecule has 1 aromatic rings. The van der Waals surface area contributed by atoms with E-state index in [1.807, 2.05) is 0 Å². The summed E-state index contributed by atoms with van der Waals surface area (Å²) in [5.41, 5.74) is 1.17. The van der Waals surface area contributed by atoms with Gasteiger partial charge in [-0.2, -0.15) is 0 Å². The molecule has 0 unspecified atom stereocenters. The molecule has 0 fully saturated rings. The van der Waals surface area contributed by atoms with Crippen LogP contribution in [0.15, 0.2) is 29.7 Å². The van der Waals surface area contributed by atoms with Crippen LogP contribution in [-0.2, 0) is 0 Å². The van der Waals surface area contributed by atoms with Gasteiger partial charge in [-0.25, -0.2) is 0 Å². The number of hydrogen-bond donors (Lipinski definition) is 0. The van der Waals surface area contributed by atoms with E-state index in [2.05, 4.69) is 50.4 Å². The summed E-state index contributed by atoms with van der Waals surface area (Å²) in [6.45, 7) is 6.23. The Morgan fingerprint density at radius 1 is 1.33 bits per heavy atom. The van der Waals surface area contributed by atoms with E-state index >= 15 is 0 Å². The molecule has 0 N–H and O–H groups in total. The topological polar surface area (TPSA) is 9.23 Å². The second-order valence-corrected chi connectivity index (χ2v) is 5.54. The Morgan fingerprint density at radius 2 is 2.13 bits per heavy atom. The summed E-state index contributed by atoms with van der Waals surface area (Å²) in [4.78, 5) is 1.25. The zero-order valence-corrected chi connectivity index (χ0v) is 10.2. The molecular weight excluding hydrogens is 204 g/mol. The fourth-order valence-electron chi connectivity index (χ4n) is 1.54. The van der Waals surface area contributed by atoms with Crippen LogP contribution >= 0.6 is 11.3 Å². The first-order chi connectivity index (χ1) is 7.06. The van der Waals surface area contributed by atoms with Gasteiger partial charge in [0.2, 0.25) is 0 Å². The number of thiophene rings is 1. The van der Waals surface area contributed by atoms with Crippen LogP contribution in [-0.4, -0.2) is 5.60 Å². The average molecular weight is 220 g/mol. The highest BCUT2D eigenvalue weighted by Gasteiger charge is 2.17. The van der Waals surface area contributed by atoms with Gasteiger partial charge in [-0.05, 0) is 44.2 Å². The first-order valence-corrected chi connectivity index (χ1v) is 6.08. The van der Waals surface area contributed by atoms with Crippen LogP contribution in [0.2, 0.25) is 0 Å². The molecule has 1 nitrogen and oxygen atoms in total. The Bertz CT molecular complexity index is 404. The quantitative estimate of drug-likeness (QED) is 0.723. The van der Waals surface area contributed by atoms with E-state index in [0.717, 1.165) is 12.2 Å². The van der Waals surface area contributed by atoms with E-state index in [1.165, 1.54) is 10.5 Å². The molecule has 0 spiro atoms. The number of allylic oxidation sites excluding steroid dienone is 4. The maximum absolute atomic E-state index is 5.92. The first-order valence-electron chi connectivity index (χ1n) is 5.20. The number of hydrogen-bond acceptors (Lipinski definition) is 2. The monoisotopic (exact) mass is 220 g/mol. The van der Waals surface area contributed by atoms with E-state index in [1.54, 1.807) is 11.3 Å². The van der Waals surface area contributed by atoms with Crippen molar-refractivity contribution >= 4 is 16.9 Å². The SMILES string of the molecule is CC(C)(C)Oc1ccsc1C1=CCC=C1. The highest BCUT2D eigenvalue weighted by atomic mass is 32.1.